The Kier molecular flexibility index (Phi) is 4.84. The van der Waals surface area contributed by atoms with Crippen LogP contribution in [0.3, 0.4) is 0 Å². The van der Waals surface area contributed by atoms with Crippen LogP contribution in [0.15, 0.2) is 23.1 Å². The number of hydrogen-bond acceptors (Lipinski definition) is 3. The topological polar surface area (TPSA) is 72.2 Å². The maximum Gasteiger partial charge on any atom is 0.240 e. The van der Waals surface area contributed by atoms with Crippen LogP contribution in [0.25, 0.3) is 0 Å². The largest absolute Gasteiger partial charge is 0.320 e. The second kappa shape index (κ2) is 5.96. The van der Waals surface area contributed by atoms with Crippen LogP contribution in [0.4, 0.5) is 4.39 Å². The molecular weight excluding hydrogens is 255 g/mol. The number of hydrogen-bond donors (Lipinski definition) is 2. The Morgan fingerprint density at radius 1 is 1.44 bits per heavy atom. The molecule has 1 aromatic rings. The highest BCUT2D eigenvalue weighted by atomic mass is 32.2. The van der Waals surface area contributed by atoms with Gasteiger partial charge in [0.1, 0.15) is 5.82 Å². The summed E-state index contributed by atoms with van der Waals surface area (Å²) >= 11 is 0. The molecule has 18 heavy (non-hydrogen) atoms. The summed E-state index contributed by atoms with van der Waals surface area (Å²) < 4.78 is 39.6. The standard InChI is InChI=1S/C12H15FN2O2S/c1-9(2)15-18(16,17)11-6-5-10(4-3-7-14)12(13)8-11/h5-6,8-9,15H,7,14H2,1-2H3. The van der Waals surface area contributed by atoms with E-state index in [4.69, 9.17) is 5.73 Å². The van der Waals surface area contributed by atoms with Crippen LogP contribution in [0, 0.1) is 17.7 Å². The maximum absolute atomic E-state index is 13.6. The molecule has 0 fully saturated rings. The first-order chi connectivity index (χ1) is 8.36. The average Bonchev–Trinajstić information content (AvgIpc) is 2.25. The van der Waals surface area contributed by atoms with Gasteiger partial charge in [0.15, 0.2) is 0 Å². The molecule has 1 aromatic carbocycles. The van der Waals surface area contributed by atoms with Crippen molar-refractivity contribution in [1.29, 1.82) is 0 Å². The Balaban J connectivity index is 3.12. The Morgan fingerprint density at radius 2 is 2.11 bits per heavy atom. The van der Waals surface area contributed by atoms with E-state index >= 15 is 0 Å². The van der Waals surface area contributed by atoms with Crippen LogP contribution in [-0.2, 0) is 10.0 Å². The summed E-state index contributed by atoms with van der Waals surface area (Å²) in [5.41, 5.74) is 5.31. The van der Waals surface area contributed by atoms with E-state index in [1.165, 1.54) is 12.1 Å². The SMILES string of the molecule is CC(C)NS(=O)(=O)c1ccc(C#CCN)c(F)c1. The summed E-state index contributed by atoms with van der Waals surface area (Å²) in [5, 5.41) is 0. The Hall–Kier alpha value is -1.42. The number of nitrogens with one attached hydrogen (secondary N) is 1. The highest BCUT2D eigenvalue weighted by Crippen LogP contribution is 2.14. The second-order valence-corrected chi connectivity index (χ2v) is 5.64. The van der Waals surface area contributed by atoms with E-state index in [0.717, 1.165) is 6.07 Å². The molecule has 0 aliphatic carbocycles. The Labute approximate surface area is 106 Å². The third-order valence-electron chi connectivity index (χ3n) is 1.97. The van der Waals surface area contributed by atoms with E-state index in [-0.39, 0.29) is 23.0 Å². The van der Waals surface area contributed by atoms with Crippen LogP contribution in [0.2, 0.25) is 0 Å². The van der Waals surface area contributed by atoms with Crippen molar-refractivity contribution in [3.8, 4) is 11.8 Å². The minimum Gasteiger partial charge on any atom is -0.320 e. The zero-order valence-electron chi connectivity index (χ0n) is 10.2. The lowest BCUT2D eigenvalue weighted by atomic mass is 10.2. The van der Waals surface area contributed by atoms with Gasteiger partial charge in [0, 0.05) is 6.04 Å². The lowest BCUT2D eigenvalue weighted by Crippen LogP contribution is -2.30. The Bertz CT molecular complexity index is 586. The summed E-state index contributed by atoms with van der Waals surface area (Å²) in [5.74, 6) is 4.36. The molecule has 0 bridgehead atoms. The lowest BCUT2D eigenvalue weighted by Gasteiger charge is -2.09. The van der Waals surface area contributed by atoms with E-state index in [9.17, 15) is 12.8 Å². The number of sulfonamides is 1. The summed E-state index contributed by atoms with van der Waals surface area (Å²) in [6.07, 6.45) is 0. The third-order valence-corrected chi connectivity index (χ3v) is 3.62. The molecule has 0 spiro atoms. The molecule has 1 rings (SSSR count). The fourth-order valence-corrected chi connectivity index (χ4v) is 2.55. The molecule has 4 nitrogen and oxygen atoms in total. The normalized spacial score (nSPS) is 11.2. The highest BCUT2D eigenvalue weighted by molar-refractivity contribution is 7.89. The summed E-state index contributed by atoms with van der Waals surface area (Å²) in [7, 11) is -3.68. The Morgan fingerprint density at radius 3 is 2.61 bits per heavy atom. The number of rotatable bonds is 3. The van der Waals surface area contributed by atoms with Gasteiger partial charge in [-0.3, -0.25) is 0 Å². The average molecular weight is 270 g/mol. The zero-order chi connectivity index (χ0) is 13.8. The van der Waals surface area contributed by atoms with Gasteiger partial charge in [0.05, 0.1) is 17.0 Å². The van der Waals surface area contributed by atoms with Gasteiger partial charge >= 0.3 is 0 Å². The van der Waals surface area contributed by atoms with Crippen LogP contribution in [-0.4, -0.2) is 21.0 Å². The molecule has 0 atom stereocenters. The monoisotopic (exact) mass is 270 g/mol. The van der Waals surface area contributed by atoms with Gasteiger partial charge in [0.2, 0.25) is 10.0 Å². The van der Waals surface area contributed by atoms with Crippen molar-refractivity contribution in [1.82, 2.24) is 4.72 Å². The summed E-state index contributed by atoms with van der Waals surface area (Å²) in [6.45, 7) is 3.50. The van der Waals surface area contributed by atoms with Crippen molar-refractivity contribution in [3.05, 3.63) is 29.6 Å². The molecule has 0 amide bonds. The minimum atomic E-state index is -3.68. The van der Waals surface area contributed by atoms with Crippen LogP contribution in [0.5, 0.6) is 0 Å². The maximum atomic E-state index is 13.6. The lowest BCUT2D eigenvalue weighted by molar-refractivity contribution is 0.566. The first-order valence-electron chi connectivity index (χ1n) is 5.37. The molecule has 0 saturated carbocycles. The smallest absolute Gasteiger partial charge is 0.240 e. The van der Waals surface area contributed by atoms with Gasteiger partial charge in [0.25, 0.3) is 0 Å². The predicted molar refractivity (Wildman–Crippen MR) is 67.8 cm³/mol. The number of halogens is 1. The third kappa shape index (κ3) is 3.81. The van der Waals surface area contributed by atoms with Crippen molar-refractivity contribution in [2.24, 2.45) is 5.73 Å². The van der Waals surface area contributed by atoms with Gasteiger partial charge in [-0.1, -0.05) is 11.8 Å². The van der Waals surface area contributed by atoms with Crippen LogP contribution < -0.4 is 10.5 Å². The molecule has 0 heterocycles. The molecule has 3 N–H and O–H groups in total. The summed E-state index contributed by atoms with van der Waals surface area (Å²) in [4.78, 5) is -0.119. The van der Waals surface area contributed by atoms with E-state index in [0.29, 0.717) is 0 Å². The van der Waals surface area contributed by atoms with Crippen molar-refractivity contribution >= 4 is 10.0 Å². The molecule has 6 heteroatoms. The van der Waals surface area contributed by atoms with Crippen molar-refractivity contribution in [2.75, 3.05) is 6.54 Å². The van der Waals surface area contributed by atoms with Gasteiger partial charge in [-0.15, -0.1) is 0 Å². The molecule has 0 radical (unpaired) electrons. The predicted octanol–water partition coefficient (Wildman–Crippen LogP) is 0.823. The molecular formula is C12H15FN2O2S. The minimum absolute atomic E-state index is 0.119. The zero-order valence-corrected chi connectivity index (χ0v) is 11.0. The van der Waals surface area contributed by atoms with E-state index < -0.39 is 15.8 Å². The first kappa shape index (κ1) is 14.6. The molecule has 0 aliphatic heterocycles. The van der Waals surface area contributed by atoms with Crippen molar-refractivity contribution in [3.63, 3.8) is 0 Å². The van der Waals surface area contributed by atoms with Gasteiger partial charge < -0.3 is 5.73 Å². The number of nitrogens with two attached hydrogens (primary N) is 1. The fourth-order valence-electron chi connectivity index (χ4n) is 1.29. The van der Waals surface area contributed by atoms with Gasteiger partial charge in [-0.05, 0) is 32.0 Å². The number of benzene rings is 1. The summed E-state index contributed by atoms with van der Waals surface area (Å²) in [6, 6.07) is 3.33. The highest BCUT2D eigenvalue weighted by Gasteiger charge is 2.16. The van der Waals surface area contributed by atoms with Crippen molar-refractivity contribution in [2.45, 2.75) is 24.8 Å². The fraction of sp³-hybridized carbons (Fsp3) is 0.333. The van der Waals surface area contributed by atoms with Gasteiger partial charge in [-0.2, -0.15) is 0 Å². The quantitative estimate of drug-likeness (QED) is 0.799. The van der Waals surface area contributed by atoms with Gasteiger partial charge in [-0.25, -0.2) is 17.5 Å². The van der Waals surface area contributed by atoms with Crippen molar-refractivity contribution < 1.29 is 12.8 Å². The molecule has 98 valence electrons. The van der Waals surface area contributed by atoms with E-state index in [1.54, 1.807) is 13.8 Å². The van der Waals surface area contributed by atoms with E-state index in [2.05, 4.69) is 16.6 Å². The van der Waals surface area contributed by atoms with Crippen LogP contribution in [0.1, 0.15) is 19.4 Å². The second-order valence-electron chi connectivity index (χ2n) is 3.92. The van der Waals surface area contributed by atoms with Crippen LogP contribution >= 0.6 is 0 Å². The molecule has 0 aliphatic rings. The first-order valence-corrected chi connectivity index (χ1v) is 6.86. The molecule has 0 unspecified atom stereocenters. The molecule has 0 aromatic heterocycles. The van der Waals surface area contributed by atoms with E-state index in [1.807, 2.05) is 0 Å². The molecule has 0 saturated heterocycles.